The number of carbonyl (C=O) groups is 1. The van der Waals surface area contributed by atoms with Gasteiger partial charge < -0.3 is 20.9 Å². The van der Waals surface area contributed by atoms with Crippen molar-refractivity contribution in [3.63, 3.8) is 0 Å². The maximum atomic E-state index is 12.0. The highest BCUT2D eigenvalue weighted by Gasteiger charge is 2.24. The Morgan fingerprint density at radius 3 is 2.90 bits per heavy atom. The summed E-state index contributed by atoms with van der Waals surface area (Å²) in [6.07, 6.45) is 3.34. The molecule has 1 unspecified atom stereocenters. The number of hydrogen-bond acceptors (Lipinski definition) is 2. The molecule has 1 atom stereocenters. The summed E-state index contributed by atoms with van der Waals surface area (Å²) in [6.45, 7) is 1.38. The molecule has 1 aliphatic rings. The summed E-state index contributed by atoms with van der Waals surface area (Å²) in [4.78, 5) is 19.6. The number of aliphatic imine (C=N–C) groups is 1. The molecule has 0 aliphatic carbocycles. The van der Waals surface area contributed by atoms with Crippen molar-refractivity contribution >= 4 is 64.0 Å². The highest BCUT2D eigenvalue weighted by molar-refractivity contribution is 14.0. The zero-order valence-corrected chi connectivity index (χ0v) is 19.8. The van der Waals surface area contributed by atoms with Gasteiger partial charge in [-0.3, -0.25) is 9.79 Å². The van der Waals surface area contributed by atoms with Gasteiger partial charge in [-0.05, 0) is 41.8 Å². The van der Waals surface area contributed by atoms with Crippen molar-refractivity contribution in [2.24, 2.45) is 4.99 Å². The highest BCUT2D eigenvalue weighted by atomic mass is 127. The number of hydrogen-bond donors (Lipinski definition) is 4. The average Bonchev–Trinajstić information content (AvgIpc) is 3.12. The van der Waals surface area contributed by atoms with Crippen LogP contribution in [0.4, 0.5) is 5.69 Å². The summed E-state index contributed by atoms with van der Waals surface area (Å²) >= 11 is 6.13. The summed E-state index contributed by atoms with van der Waals surface area (Å²) in [6, 6.07) is 13.8. The number of amides is 1. The first-order chi connectivity index (χ1) is 14.1. The maximum Gasteiger partial charge on any atom is 0.225 e. The van der Waals surface area contributed by atoms with E-state index >= 15 is 0 Å². The number of guanidine groups is 1. The van der Waals surface area contributed by atoms with Gasteiger partial charge in [-0.15, -0.1) is 24.0 Å². The number of aromatic amines is 1. The van der Waals surface area contributed by atoms with Crippen LogP contribution in [0.3, 0.4) is 0 Å². The molecule has 4 N–H and O–H groups in total. The fraction of sp³-hybridized carbons (Fsp3) is 0.273. The highest BCUT2D eigenvalue weighted by Crippen LogP contribution is 2.31. The zero-order chi connectivity index (χ0) is 20.2. The van der Waals surface area contributed by atoms with Gasteiger partial charge in [0.15, 0.2) is 5.96 Å². The predicted octanol–water partition coefficient (Wildman–Crippen LogP) is 4.27. The Labute approximate surface area is 197 Å². The van der Waals surface area contributed by atoms with Crippen molar-refractivity contribution in [3.05, 3.63) is 64.8 Å². The number of fused-ring (bicyclic) bond motifs is 2. The van der Waals surface area contributed by atoms with E-state index in [2.05, 4.69) is 32.0 Å². The van der Waals surface area contributed by atoms with Crippen molar-refractivity contribution in [2.45, 2.75) is 18.8 Å². The van der Waals surface area contributed by atoms with Crippen LogP contribution in [-0.4, -0.2) is 37.0 Å². The summed E-state index contributed by atoms with van der Waals surface area (Å²) in [5, 5.41) is 11.5. The topological polar surface area (TPSA) is 81.3 Å². The second-order valence-corrected chi connectivity index (χ2v) is 7.61. The normalized spacial score (nSPS) is 15.9. The van der Waals surface area contributed by atoms with Crippen LogP contribution in [0.1, 0.15) is 23.5 Å². The number of aromatic nitrogens is 1. The Bertz CT molecular complexity index is 1060. The van der Waals surface area contributed by atoms with Gasteiger partial charge in [0.25, 0.3) is 0 Å². The molecule has 30 heavy (non-hydrogen) atoms. The minimum absolute atomic E-state index is 0. The summed E-state index contributed by atoms with van der Waals surface area (Å²) in [7, 11) is 1.75. The van der Waals surface area contributed by atoms with E-state index in [1.165, 1.54) is 5.56 Å². The fourth-order valence-electron chi connectivity index (χ4n) is 3.80. The molecule has 4 rings (SSSR count). The van der Waals surface area contributed by atoms with Crippen molar-refractivity contribution in [2.75, 3.05) is 25.5 Å². The summed E-state index contributed by atoms with van der Waals surface area (Å²) in [5.74, 6) is 0.900. The number of anilines is 1. The lowest BCUT2D eigenvalue weighted by Crippen LogP contribution is -2.41. The average molecular weight is 538 g/mol. The molecule has 0 saturated carbocycles. The monoisotopic (exact) mass is 537 g/mol. The van der Waals surface area contributed by atoms with Crippen molar-refractivity contribution < 1.29 is 4.79 Å². The number of para-hydroxylation sites is 1. The smallest absolute Gasteiger partial charge is 0.225 e. The van der Waals surface area contributed by atoms with E-state index in [1.807, 2.05) is 42.6 Å². The van der Waals surface area contributed by atoms with Gasteiger partial charge in [-0.25, -0.2) is 0 Å². The molecule has 1 amide bonds. The van der Waals surface area contributed by atoms with E-state index in [4.69, 9.17) is 11.6 Å². The lowest BCUT2D eigenvalue weighted by atomic mass is 9.90. The molecule has 8 heteroatoms. The first-order valence-corrected chi connectivity index (χ1v) is 10.1. The van der Waals surface area contributed by atoms with Crippen LogP contribution in [0.5, 0.6) is 0 Å². The largest absolute Gasteiger partial charge is 0.361 e. The molecular formula is C22H25ClIN5O. The first kappa shape index (κ1) is 22.4. The molecule has 0 fully saturated rings. The van der Waals surface area contributed by atoms with Gasteiger partial charge in [-0.2, -0.15) is 0 Å². The standard InChI is InChI=1S/C22H24ClN5O.HI/c1-24-22(25-9-8-14-12-26-19-7-6-16(23)11-18(14)19)27-13-15-10-21(29)28-20-5-3-2-4-17(15)20;/h2-7,11-12,15,26H,8-10,13H2,1H3,(H,28,29)(H2,24,25,27);1H. The number of benzene rings is 2. The molecule has 0 radical (unpaired) electrons. The van der Waals surface area contributed by atoms with Gasteiger partial charge in [-0.1, -0.05) is 29.8 Å². The molecule has 0 saturated heterocycles. The van der Waals surface area contributed by atoms with Gasteiger partial charge in [0.05, 0.1) is 0 Å². The molecule has 2 heterocycles. The van der Waals surface area contributed by atoms with Crippen LogP contribution in [0.25, 0.3) is 10.9 Å². The van der Waals surface area contributed by atoms with Crippen LogP contribution in [0.2, 0.25) is 5.02 Å². The number of halogens is 2. The van der Waals surface area contributed by atoms with Crippen LogP contribution in [0, 0.1) is 0 Å². The third kappa shape index (κ3) is 5.07. The lowest BCUT2D eigenvalue weighted by Gasteiger charge is -2.26. The van der Waals surface area contributed by atoms with E-state index in [1.54, 1.807) is 7.05 Å². The van der Waals surface area contributed by atoms with E-state index in [0.29, 0.717) is 13.0 Å². The SMILES string of the molecule is CN=C(NCCc1c[nH]c2ccc(Cl)cc12)NCC1CC(=O)Nc2ccccc21.I. The Hall–Kier alpha value is -2.26. The second kappa shape index (κ2) is 10.2. The van der Waals surface area contributed by atoms with E-state index in [-0.39, 0.29) is 35.8 Å². The summed E-state index contributed by atoms with van der Waals surface area (Å²) in [5.41, 5.74) is 4.35. The molecule has 2 aromatic carbocycles. The van der Waals surface area contributed by atoms with Crippen molar-refractivity contribution in [3.8, 4) is 0 Å². The Morgan fingerprint density at radius 2 is 2.07 bits per heavy atom. The zero-order valence-electron chi connectivity index (χ0n) is 16.7. The summed E-state index contributed by atoms with van der Waals surface area (Å²) < 4.78 is 0. The van der Waals surface area contributed by atoms with E-state index < -0.39 is 0 Å². The van der Waals surface area contributed by atoms with Crippen LogP contribution >= 0.6 is 35.6 Å². The van der Waals surface area contributed by atoms with Crippen LogP contribution in [0.15, 0.2) is 53.7 Å². The molecule has 1 aromatic heterocycles. The number of nitrogens with zero attached hydrogens (tertiary/aromatic N) is 1. The van der Waals surface area contributed by atoms with Crippen LogP contribution in [-0.2, 0) is 11.2 Å². The number of carbonyl (C=O) groups excluding carboxylic acids is 1. The molecule has 3 aromatic rings. The van der Waals surface area contributed by atoms with Gasteiger partial charge in [0.2, 0.25) is 5.91 Å². The van der Waals surface area contributed by atoms with E-state index in [9.17, 15) is 4.79 Å². The molecule has 158 valence electrons. The van der Waals surface area contributed by atoms with Crippen molar-refractivity contribution in [1.82, 2.24) is 15.6 Å². The predicted molar refractivity (Wildman–Crippen MR) is 134 cm³/mol. The minimum Gasteiger partial charge on any atom is -0.361 e. The molecule has 1 aliphatic heterocycles. The van der Waals surface area contributed by atoms with Crippen LogP contribution < -0.4 is 16.0 Å². The number of H-pyrrole nitrogens is 1. The first-order valence-electron chi connectivity index (χ1n) is 9.73. The van der Waals surface area contributed by atoms with Gasteiger partial charge >= 0.3 is 0 Å². The molecular weight excluding hydrogens is 513 g/mol. The Kier molecular flexibility index (Phi) is 7.60. The Morgan fingerprint density at radius 1 is 1.23 bits per heavy atom. The third-order valence-corrected chi connectivity index (χ3v) is 5.50. The quantitative estimate of drug-likeness (QED) is 0.223. The second-order valence-electron chi connectivity index (χ2n) is 7.17. The minimum atomic E-state index is 0. The molecule has 0 bridgehead atoms. The maximum absolute atomic E-state index is 12.0. The van der Waals surface area contributed by atoms with Gasteiger partial charge in [0.1, 0.15) is 0 Å². The van der Waals surface area contributed by atoms with E-state index in [0.717, 1.165) is 46.1 Å². The van der Waals surface area contributed by atoms with Crippen molar-refractivity contribution in [1.29, 1.82) is 0 Å². The Balaban J connectivity index is 0.00000256. The number of nitrogens with one attached hydrogen (secondary N) is 4. The number of rotatable bonds is 5. The lowest BCUT2D eigenvalue weighted by molar-refractivity contribution is -0.116. The molecule has 0 spiro atoms. The third-order valence-electron chi connectivity index (χ3n) is 5.26. The molecule has 6 nitrogen and oxygen atoms in total. The van der Waals surface area contributed by atoms with Gasteiger partial charge in [0, 0.05) is 60.3 Å². The fourth-order valence-corrected chi connectivity index (χ4v) is 3.97.